The fourth-order valence-electron chi connectivity index (χ4n) is 1.88. The molecule has 1 aromatic carbocycles. The van der Waals surface area contributed by atoms with Crippen molar-refractivity contribution < 1.29 is 4.74 Å². The molecule has 1 aliphatic rings. The van der Waals surface area contributed by atoms with E-state index in [0.717, 1.165) is 13.0 Å². The van der Waals surface area contributed by atoms with E-state index in [4.69, 9.17) is 4.74 Å². The fourth-order valence-corrected chi connectivity index (χ4v) is 2.45. The van der Waals surface area contributed by atoms with E-state index in [-0.39, 0.29) is 0 Å². The summed E-state index contributed by atoms with van der Waals surface area (Å²) in [4.78, 5) is 1.30. The van der Waals surface area contributed by atoms with Crippen LogP contribution in [0.15, 0.2) is 29.2 Å². The predicted molar refractivity (Wildman–Crippen MR) is 65.7 cm³/mol. The number of hydrogen-bond donors (Lipinski definition) is 1. The van der Waals surface area contributed by atoms with Crippen LogP contribution in [-0.2, 0) is 4.74 Å². The Morgan fingerprint density at radius 3 is 2.87 bits per heavy atom. The van der Waals surface area contributed by atoms with Crippen LogP contribution < -0.4 is 5.32 Å². The monoisotopic (exact) mass is 223 g/mol. The van der Waals surface area contributed by atoms with E-state index in [2.05, 4.69) is 42.8 Å². The third-order valence-electron chi connectivity index (χ3n) is 2.82. The molecule has 1 fully saturated rings. The number of thioether (sulfide) groups is 1. The van der Waals surface area contributed by atoms with Crippen molar-refractivity contribution in [2.45, 2.75) is 30.4 Å². The van der Waals surface area contributed by atoms with E-state index >= 15 is 0 Å². The molecule has 1 aliphatic heterocycles. The largest absolute Gasteiger partial charge is 0.379 e. The van der Waals surface area contributed by atoms with Crippen LogP contribution in [0.1, 0.15) is 13.3 Å². The fraction of sp³-hybridized carbons (Fsp3) is 0.500. The Hall–Kier alpha value is -0.670. The molecule has 0 unspecified atom stereocenters. The first-order valence-corrected chi connectivity index (χ1v) is 6.55. The van der Waals surface area contributed by atoms with E-state index in [9.17, 15) is 0 Å². The molecule has 1 aromatic rings. The van der Waals surface area contributed by atoms with Gasteiger partial charge in [-0.1, -0.05) is 12.1 Å². The molecule has 2 rings (SSSR count). The highest BCUT2D eigenvalue weighted by Crippen LogP contribution is 2.27. The highest BCUT2D eigenvalue weighted by Gasteiger charge is 2.24. The molecule has 0 saturated carbocycles. The summed E-state index contributed by atoms with van der Waals surface area (Å²) in [6.07, 6.45) is 3.53. The van der Waals surface area contributed by atoms with E-state index in [1.165, 1.54) is 10.6 Å². The van der Waals surface area contributed by atoms with Crippen LogP contribution in [0.5, 0.6) is 0 Å². The predicted octanol–water partition coefficient (Wildman–Crippen LogP) is 3.00. The molecule has 0 spiro atoms. The van der Waals surface area contributed by atoms with Crippen LogP contribution in [-0.4, -0.2) is 25.0 Å². The van der Waals surface area contributed by atoms with Gasteiger partial charge in [-0.15, -0.1) is 11.8 Å². The van der Waals surface area contributed by atoms with Crippen molar-refractivity contribution in [3.8, 4) is 0 Å². The number of hydrogen-bond acceptors (Lipinski definition) is 3. The summed E-state index contributed by atoms with van der Waals surface area (Å²) >= 11 is 1.78. The number of ether oxygens (including phenoxy) is 1. The first-order chi connectivity index (χ1) is 7.31. The van der Waals surface area contributed by atoms with Gasteiger partial charge in [-0.2, -0.15) is 0 Å². The molecular formula is C12H17NOS. The van der Waals surface area contributed by atoms with Crippen LogP contribution in [0.4, 0.5) is 5.69 Å². The van der Waals surface area contributed by atoms with Crippen molar-refractivity contribution in [1.29, 1.82) is 0 Å². The minimum Gasteiger partial charge on any atom is -0.379 e. The van der Waals surface area contributed by atoms with E-state index in [1.54, 1.807) is 11.8 Å². The van der Waals surface area contributed by atoms with Gasteiger partial charge in [-0.3, -0.25) is 0 Å². The van der Waals surface area contributed by atoms with Crippen molar-refractivity contribution in [3.05, 3.63) is 24.3 Å². The Balaban J connectivity index is 2.09. The molecule has 0 aromatic heterocycles. The summed E-state index contributed by atoms with van der Waals surface area (Å²) in [6, 6.07) is 8.89. The molecule has 1 N–H and O–H groups in total. The zero-order valence-electron chi connectivity index (χ0n) is 9.19. The molecule has 0 bridgehead atoms. The van der Waals surface area contributed by atoms with Crippen molar-refractivity contribution >= 4 is 17.4 Å². The highest BCUT2D eigenvalue weighted by atomic mass is 32.2. The second-order valence-electron chi connectivity index (χ2n) is 3.82. The van der Waals surface area contributed by atoms with Crippen LogP contribution >= 0.6 is 11.8 Å². The molecule has 1 heterocycles. The second kappa shape index (κ2) is 4.90. The minimum atomic E-state index is 0.319. The number of rotatable bonds is 3. The Morgan fingerprint density at radius 1 is 1.40 bits per heavy atom. The summed E-state index contributed by atoms with van der Waals surface area (Å²) in [5.74, 6) is 0. The number of para-hydroxylation sites is 1. The highest BCUT2D eigenvalue weighted by molar-refractivity contribution is 7.98. The van der Waals surface area contributed by atoms with Crippen molar-refractivity contribution in [3.63, 3.8) is 0 Å². The van der Waals surface area contributed by atoms with Gasteiger partial charge in [-0.25, -0.2) is 0 Å². The molecular weight excluding hydrogens is 206 g/mol. The molecule has 0 amide bonds. The number of anilines is 1. The van der Waals surface area contributed by atoms with Crippen molar-refractivity contribution in [1.82, 2.24) is 0 Å². The van der Waals surface area contributed by atoms with Gasteiger partial charge >= 0.3 is 0 Å². The molecule has 2 atom stereocenters. The van der Waals surface area contributed by atoms with Crippen LogP contribution in [0.2, 0.25) is 0 Å². The lowest BCUT2D eigenvalue weighted by molar-refractivity contribution is 0.121. The zero-order chi connectivity index (χ0) is 10.7. The lowest BCUT2D eigenvalue weighted by Gasteiger charge is -2.19. The van der Waals surface area contributed by atoms with Crippen molar-refractivity contribution in [2.24, 2.45) is 0 Å². The molecule has 1 saturated heterocycles. The first-order valence-electron chi connectivity index (χ1n) is 5.32. The molecule has 3 heteroatoms. The Kier molecular flexibility index (Phi) is 3.54. The molecule has 2 nitrogen and oxygen atoms in total. The summed E-state index contributed by atoms with van der Waals surface area (Å²) < 4.78 is 5.54. The minimum absolute atomic E-state index is 0.319. The molecule has 82 valence electrons. The van der Waals surface area contributed by atoms with Gasteiger partial charge in [0.15, 0.2) is 0 Å². The van der Waals surface area contributed by atoms with E-state index < -0.39 is 0 Å². The summed E-state index contributed by atoms with van der Waals surface area (Å²) in [6.45, 7) is 3.01. The zero-order valence-corrected chi connectivity index (χ0v) is 10.0. The summed E-state index contributed by atoms with van der Waals surface area (Å²) in [7, 11) is 0. The van der Waals surface area contributed by atoms with Crippen LogP contribution in [0, 0.1) is 0 Å². The summed E-state index contributed by atoms with van der Waals surface area (Å²) in [5, 5.41) is 3.56. The van der Waals surface area contributed by atoms with Gasteiger partial charge in [0.25, 0.3) is 0 Å². The maximum Gasteiger partial charge on any atom is 0.0748 e. The van der Waals surface area contributed by atoms with Gasteiger partial charge in [-0.05, 0) is 31.7 Å². The Bertz CT molecular complexity index is 329. The maximum atomic E-state index is 5.54. The van der Waals surface area contributed by atoms with Gasteiger partial charge in [0.1, 0.15) is 0 Å². The van der Waals surface area contributed by atoms with Gasteiger partial charge in [0.2, 0.25) is 0 Å². The Labute approximate surface area is 95.4 Å². The molecule has 0 aliphatic carbocycles. The average Bonchev–Trinajstić information content (AvgIpc) is 2.65. The average molecular weight is 223 g/mol. The molecule has 0 radical (unpaired) electrons. The lowest BCUT2D eigenvalue weighted by atomic mass is 10.1. The van der Waals surface area contributed by atoms with Gasteiger partial charge in [0, 0.05) is 17.2 Å². The van der Waals surface area contributed by atoms with E-state index in [1.807, 2.05) is 0 Å². The lowest BCUT2D eigenvalue weighted by Crippen LogP contribution is -2.26. The maximum absolute atomic E-state index is 5.54. The SMILES string of the molecule is CSc1ccccc1N[C@H]1CCO[C@@H]1C. The number of nitrogens with one attached hydrogen (secondary N) is 1. The molecule has 15 heavy (non-hydrogen) atoms. The standard InChI is InChI=1S/C12H17NOS/c1-9-10(7-8-14-9)13-11-5-3-4-6-12(11)15-2/h3-6,9-10,13H,7-8H2,1-2H3/t9-,10+/m1/s1. The Morgan fingerprint density at radius 2 is 2.20 bits per heavy atom. The second-order valence-corrected chi connectivity index (χ2v) is 4.66. The van der Waals surface area contributed by atoms with Crippen molar-refractivity contribution in [2.75, 3.05) is 18.2 Å². The third-order valence-corrected chi connectivity index (χ3v) is 3.62. The quantitative estimate of drug-likeness (QED) is 0.796. The van der Waals surface area contributed by atoms with E-state index in [0.29, 0.717) is 12.1 Å². The smallest absolute Gasteiger partial charge is 0.0748 e. The van der Waals surface area contributed by atoms with Gasteiger partial charge in [0.05, 0.1) is 12.1 Å². The topological polar surface area (TPSA) is 21.3 Å². The summed E-state index contributed by atoms with van der Waals surface area (Å²) in [5.41, 5.74) is 1.23. The third kappa shape index (κ3) is 2.47. The normalized spacial score (nSPS) is 25.5. The first kappa shape index (κ1) is 10.8. The van der Waals surface area contributed by atoms with Gasteiger partial charge < -0.3 is 10.1 Å². The van der Waals surface area contributed by atoms with Crippen LogP contribution in [0.25, 0.3) is 0 Å². The van der Waals surface area contributed by atoms with Crippen LogP contribution in [0.3, 0.4) is 0 Å². The number of benzene rings is 1.